The Morgan fingerprint density at radius 3 is 2.50 bits per heavy atom. The molecule has 0 atom stereocenters. The molecular formula is C24H25ClN2O3. The molecule has 0 spiro atoms. The van der Waals surface area contributed by atoms with Crippen molar-refractivity contribution in [2.45, 2.75) is 20.1 Å². The second-order valence-corrected chi connectivity index (χ2v) is 8.03. The minimum absolute atomic E-state index is 0.152. The molecule has 0 N–H and O–H groups in total. The quantitative estimate of drug-likeness (QED) is 0.583. The summed E-state index contributed by atoms with van der Waals surface area (Å²) in [6.07, 6.45) is 1.42. The van der Waals surface area contributed by atoms with E-state index in [-0.39, 0.29) is 11.2 Å². The fourth-order valence-electron chi connectivity index (χ4n) is 3.53. The number of aryl methyl sites for hydroxylation is 1. The molecular weight excluding hydrogens is 400 g/mol. The molecule has 0 unspecified atom stereocenters. The zero-order chi connectivity index (χ0) is 20.9. The minimum atomic E-state index is -0.152. The van der Waals surface area contributed by atoms with Crippen LogP contribution in [0, 0.1) is 6.92 Å². The normalized spacial score (nSPS) is 14.7. The smallest absolute Gasteiger partial charge is 0.227 e. The van der Waals surface area contributed by atoms with Gasteiger partial charge in [0, 0.05) is 43.0 Å². The predicted octanol–water partition coefficient (Wildman–Crippen LogP) is 4.50. The molecule has 1 fully saturated rings. The van der Waals surface area contributed by atoms with Gasteiger partial charge >= 0.3 is 0 Å². The zero-order valence-electron chi connectivity index (χ0n) is 17.0. The Balaban J connectivity index is 1.30. The van der Waals surface area contributed by atoms with Gasteiger partial charge in [-0.3, -0.25) is 9.69 Å². The Hall–Kier alpha value is -2.76. The highest BCUT2D eigenvalue weighted by atomic mass is 35.5. The summed E-state index contributed by atoms with van der Waals surface area (Å²) in [7, 11) is 0. The third-order valence-corrected chi connectivity index (χ3v) is 5.53. The lowest BCUT2D eigenvalue weighted by atomic mass is 10.2. The van der Waals surface area contributed by atoms with E-state index in [9.17, 15) is 4.79 Å². The van der Waals surface area contributed by atoms with Crippen LogP contribution in [-0.2, 0) is 13.2 Å². The molecule has 0 bridgehead atoms. The highest BCUT2D eigenvalue weighted by Crippen LogP contribution is 2.21. The summed E-state index contributed by atoms with van der Waals surface area (Å²) in [5.41, 5.74) is 3.20. The molecule has 3 aromatic rings. The van der Waals surface area contributed by atoms with Crippen molar-refractivity contribution in [1.82, 2.24) is 4.90 Å². The second kappa shape index (κ2) is 9.37. The van der Waals surface area contributed by atoms with Crippen molar-refractivity contribution in [1.29, 1.82) is 0 Å². The van der Waals surface area contributed by atoms with Crippen LogP contribution >= 0.6 is 11.6 Å². The van der Waals surface area contributed by atoms with Crippen molar-refractivity contribution in [3.05, 3.63) is 93.0 Å². The van der Waals surface area contributed by atoms with Gasteiger partial charge in [0.1, 0.15) is 18.6 Å². The third-order valence-electron chi connectivity index (χ3n) is 5.29. The zero-order valence-corrected chi connectivity index (χ0v) is 17.8. The van der Waals surface area contributed by atoms with Crippen LogP contribution < -0.4 is 15.1 Å². The van der Waals surface area contributed by atoms with Crippen molar-refractivity contribution in [2.75, 3.05) is 31.1 Å². The summed E-state index contributed by atoms with van der Waals surface area (Å²) >= 11 is 6.10. The van der Waals surface area contributed by atoms with Gasteiger partial charge in [0.15, 0.2) is 0 Å². The van der Waals surface area contributed by atoms with E-state index >= 15 is 0 Å². The van der Waals surface area contributed by atoms with E-state index in [4.69, 9.17) is 20.8 Å². The molecule has 1 aliphatic rings. The molecule has 2 heterocycles. The van der Waals surface area contributed by atoms with Crippen LogP contribution in [0.2, 0.25) is 5.02 Å². The third kappa shape index (κ3) is 5.23. The minimum Gasteiger partial charge on any atom is -0.482 e. The van der Waals surface area contributed by atoms with Crippen molar-refractivity contribution in [2.24, 2.45) is 0 Å². The topological polar surface area (TPSA) is 45.9 Å². The van der Waals surface area contributed by atoms with Crippen LogP contribution in [0.5, 0.6) is 5.75 Å². The van der Waals surface area contributed by atoms with Gasteiger partial charge in [0.25, 0.3) is 0 Å². The van der Waals surface area contributed by atoms with Crippen LogP contribution in [0.15, 0.2) is 70.1 Å². The van der Waals surface area contributed by atoms with Gasteiger partial charge < -0.3 is 14.1 Å². The lowest BCUT2D eigenvalue weighted by molar-refractivity contribution is 0.224. The molecule has 4 rings (SSSR count). The fourth-order valence-corrected chi connectivity index (χ4v) is 3.71. The van der Waals surface area contributed by atoms with Gasteiger partial charge in [-0.2, -0.15) is 0 Å². The van der Waals surface area contributed by atoms with Crippen molar-refractivity contribution >= 4 is 17.3 Å². The monoisotopic (exact) mass is 424 g/mol. The number of benzene rings is 2. The Labute approximate surface area is 181 Å². The molecule has 5 nitrogen and oxygen atoms in total. The summed E-state index contributed by atoms with van der Waals surface area (Å²) < 4.78 is 11.3. The number of anilines is 1. The van der Waals surface area contributed by atoms with Gasteiger partial charge in [0.2, 0.25) is 11.2 Å². The Morgan fingerprint density at radius 2 is 1.80 bits per heavy atom. The van der Waals surface area contributed by atoms with Crippen molar-refractivity contribution in [3.8, 4) is 5.75 Å². The molecule has 2 aromatic carbocycles. The lowest BCUT2D eigenvalue weighted by Gasteiger charge is -2.35. The Bertz CT molecular complexity index is 1040. The highest BCUT2D eigenvalue weighted by molar-refractivity contribution is 6.30. The van der Waals surface area contributed by atoms with Crippen LogP contribution in [-0.4, -0.2) is 31.1 Å². The van der Waals surface area contributed by atoms with Gasteiger partial charge in [-0.25, -0.2) is 0 Å². The highest BCUT2D eigenvalue weighted by Gasteiger charge is 2.18. The Morgan fingerprint density at radius 1 is 1.03 bits per heavy atom. The van der Waals surface area contributed by atoms with Crippen molar-refractivity contribution in [3.63, 3.8) is 0 Å². The van der Waals surface area contributed by atoms with E-state index in [2.05, 4.69) is 15.9 Å². The first-order valence-corrected chi connectivity index (χ1v) is 10.5. The molecule has 0 saturated carbocycles. The molecule has 1 saturated heterocycles. The lowest BCUT2D eigenvalue weighted by Crippen LogP contribution is -2.46. The Kier molecular flexibility index (Phi) is 6.41. The van der Waals surface area contributed by atoms with Gasteiger partial charge in [-0.15, -0.1) is 0 Å². The van der Waals surface area contributed by atoms with E-state index in [0.29, 0.717) is 18.9 Å². The summed E-state index contributed by atoms with van der Waals surface area (Å²) in [5, 5.41) is 0.751. The maximum Gasteiger partial charge on any atom is 0.227 e. The molecule has 6 heteroatoms. The van der Waals surface area contributed by atoms with E-state index in [0.717, 1.165) is 42.5 Å². The SMILES string of the molecule is Cc1ccc(COc2coc(CN3CCN(c4cccc(Cl)c4)CC3)cc2=O)cc1. The van der Waals surface area contributed by atoms with Gasteiger partial charge in [0.05, 0.1) is 6.54 Å². The average molecular weight is 425 g/mol. The van der Waals surface area contributed by atoms with E-state index in [1.165, 1.54) is 17.9 Å². The first-order valence-electron chi connectivity index (χ1n) is 10.1. The standard InChI is InChI=1S/C24H25ClN2O3/c1-18-5-7-19(8-6-18)16-30-24-17-29-22(14-23(24)28)15-26-9-11-27(12-10-26)21-4-2-3-20(25)13-21/h2-8,13-14,17H,9-12,15-16H2,1H3. The predicted molar refractivity (Wildman–Crippen MR) is 119 cm³/mol. The molecule has 30 heavy (non-hydrogen) atoms. The van der Waals surface area contributed by atoms with Crippen LogP contribution in [0.1, 0.15) is 16.9 Å². The molecule has 0 amide bonds. The summed E-state index contributed by atoms with van der Waals surface area (Å²) in [6, 6.07) is 17.5. The van der Waals surface area contributed by atoms with Crippen molar-refractivity contribution < 1.29 is 9.15 Å². The van der Waals surface area contributed by atoms with E-state index in [1.807, 2.05) is 49.4 Å². The van der Waals surface area contributed by atoms with E-state index < -0.39 is 0 Å². The molecule has 0 aliphatic carbocycles. The second-order valence-electron chi connectivity index (χ2n) is 7.59. The number of hydrogen-bond donors (Lipinski definition) is 0. The summed E-state index contributed by atoms with van der Waals surface area (Å²) in [4.78, 5) is 17.0. The maximum absolute atomic E-state index is 12.4. The summed E-state index contributed by atoms with van der Waals surface area (Å²) in [5.74, 6) is 0.893. The van der Waals surface area contributed by atoms with E-state index in [1.54, 1.807) is 0 Å². The average Bonchev–Trinajstić information content (AvgIpc) is 2.75. The van der Waals surface area contributed by atoms with Gasteiger partial charge in [-0.1, -0.05) is 47.5 Å². The number of hydrogen-bond acceptors (Lipinski definition) is 5. The number of piperazine rings is 1. The molecule has 156 valence electrons. The van der Waals surface area contributed by atoms with Crippen LogP contribution in [0.3, 0.4) is 0 Å². The molecule has 1 aromatic heterocycles. The summed E-state index contributed by atoms with van der Waals surface area (Å²) in [6.45, 7) is 6.58. The molecule has 0 radical (unpaired) electrons. The number of ether oxygens (including phenoxy) is 1. The molecule has 1 aliphatic heterocycles. The number of halogens is 1. The first-order chi connectivity index (χ1) is 14.6. The first kappa shape index (κ1) is 20.5. The fraction of sp³-hybridized carbons (Fsp3) is 0.292. The number of rotatable bonds is 6. The number of nitrogens with zero attached hydrogens (tertiary/aromatic N) is 2. The van der Waals surface area contributed by atoms with Crippen LogP contribution in [0.25, 0.3) is 0 Å². The van der Waals surface area contributed by atoms with Gasteiger partial charge in [-0.05, 0) is 30.7 Å². The van der Waals surface area contributed by atoms with Crippen LogP contribution in [0.4, 0.5) is 5.69 Å². The largest absolute Gasteiger partial charge is 0.482 e. The maximum atomic E-state index is 12.4.